The Balaban J connectivity index is 1.33. The van der Waals surface area contributed by atoms with E-state index in [4.69, 9.17) is 0 Å². The molecule has 2 aliphatic carbocycles. The number of hydrogen-bond donors (Lipinski definition) is 0. The smallest absolute Gasteiger partial charge is 0.0159 e. The largest absolute Gasteiger partial charge is 0.0917 e. The quantitative estimate of drug-likeness (QED) is 0.282. The van der Waals surface area contributed by atoms with Crippen molar-refractivity contribution in [2.75, 3.05) is 0 Å². The van der Waals surface area contributed by atoms with E-state index in [9.17, 15) is 0 Å². The molecule has 2 aliphatic rings. The molecule has 31 heavy (non-hydrogen) atoms. The van der Waals surface area contributed by atoms with E-state index in [1.807, 2.05) is 0 Å². The van der Waals surface area contributed by atoms with E-state index >= 15 is 0 Å². The van der Waals surface area contributed by atoms with Crippen molar-refractivity contribution in [2.24, 2.45) is 17.8 Å². The normalized spacial score (nSPS) is 26.4. The van der Waals surface area contributed by atoms with Crippen molar-refractivity contribution in [2.45, 2.75) is 103 Å². The lowest BCUT2D eigenvalue weighted by Crippen LogP contribution is -2.30. The number of allylic oxidation sites excluding steroid dienone is 2. The van der Waals surface area contributed by atoms with Crippen LogP contribution < -0.4 is 0 Å². The second-order valence-corrected chi connectivity index (χ2v) is 10.6. The molecule has 2 saturated carbocycles. The molecular formula is C31H44. The highest BCUT2D eigenvalue weighted by molar-refractivity contribution is 5.84. The highest BCUT2D eigenvalue weighted by Gasteiger charge is 2.35. The van der Waals surface area contributed by atoms with Gasteiger partial charge >= 0.3 is 0 Å². The zero-order valence-corrected chi connectivity index (χ0v) is 20.1. The molecule has 0 amide bonds. The molecule has 0 aromatic heterocycles. The van der Waals surface area contributed by atoms with Gasteiger partial charge in [-0.1, -0.05) is 94.0 Å². The molecule has 2 aromatic carbocycles. The first-order valence-electron chi connectivity index (χ1n) is 13.4. The molecule has 0 radical (unpaired) electrons. The molecule has 2 fully saturated rings. The van der Waals surface area contributed by atoms with E-state index in [1.165, 1.54) is 87.0 Å². The topological polar surface area (TPSA) is 0 Å². The monoisotopic (exact) mass is 416 g/mol. The Morgan fingerprint density at radius 3 is 2.52 bits per heavy atom. The summed E-state index contributed by atoms with van der Waals surface area (Å²) in [6.07, 6.45) is 22.8. The number of fused-ring (bicyclic) bond motifs is 2. The Morgan fingerprint density at radius 2 is 1.65 bits per heavy atom. The van der Waals surface area contributed by atoms with Gasteiger partial charge in [-0.3, -0.25) is 0 Å². The van der Waals surface area contributed by atoms with Crippen molar-refractivity contribution < 1.29 is 0 Å². The molecule has 0 heterocycles. The van der Waals surface area contributed by atoms with Gasteiger partial charge in [0.1, 0.15) is 0 Å². The molecular weight excluding hydrogens is 372 g/mol. The van der Waals surface area contributed by atoms with Crippen LogP contribution in [0.25, 0.3) is 10.8 Å². The SMILES string of the molecule is CC=CCCc1ccc2cc(C3CCC4CC(CCCCCC)CCC4C3)ccc2c1. The maximum absolute atomic E-state index is 2.51. The number of rotatable bonds is 9. The third-order valence-corrected chi connectivity index (χ3v) is 8.42. The standard InChI is InChI=1S/C31H44/c1-3-5-7-9-11-25-13-15-29-23-31(19-17-27(29)21-25)30-18-16-26-20-24(10-8-6-4-2)12-14-28(26)22-30/h4,6,12,14,16,18,20,22,25,27,29,31H,3,5,7-11,13,15,17,19,21,23H2,1-2H3. The van der Waals surface area contributed by atoms with Gasteiger partial charge in [0.2, 0.25) is 0 Å². The lowest BCUT2D eigenvalue weighted by Gasteiger charge is -2.42. The van der Waals surface area contributed by atoms with Crippen LogP contribution in [0.3, 0.4) is 0 Å². The van der Waals surface area contributed by atoms with Crippen molar-refractivity contribution in [3.63, 3.8) is 0 Å². The highest BCUT2D eigenvalue weighted by Crippen LogP contribution is 2.48. The fourth-order valence-electron chi connectivity index (χ4n) is 6.55. The minimum Gasteiger partial charge on any atom is -0.0917 e. The van der Waals surface area contributed by atoms with Crippen molar-refractivity contribution in [1.29, 1.82) is 0 Å². The third kappa shape index (κ3) is 6.03. The number of benzene rings is 2. The van der Waals surface area contributed by atoms with E-state index in [0.29, 0.717) is 0 Å². The number of unbranched alkanes of at least 4 members (excludes halogenated alkanes) is 3. The maximum atomic E-state index is 2.51. The van der Waals surface area contributed by atoms with Crippen molar-refractivity contribution in [3.8, 4) is 0 Å². The van der Waals surface area contributed by atoms with E-state index in [0.717, 1.165) is 36.5 Å². The van der Waals surface area contributed by atoms with Crippen LogP contribution in [0.15, 0.2) is 48.6 Å². The van der Waals surface area contributed by atoms with Crippen LogP contribution in [-0.2, 0) is 6.42 Å². The molecule has 0 spiro atoms. The second-order valence-electron chi connectivity index (χ2n) is 10.6. The Hall–Kier alpha value is -1.56. The average molecular weight is 417 g/mol. The molecule has 0 aliphatic heterocycles. The van der Waals surface area contributed by atoms with Gasteiger partial charge in [0.15, 0.2) is 0 Å². The minimum atomic E-state index is 0.793. The zero-order valence-electron chi connectivity index (χ0n) is 20.1. The Morgan fingerprint density at radius 1 is 0.839 bits per heavy atom. The summed E-state index contributed by atoms with van der Waals surface area (Å²) in [6, 6.07) is 14.5. The van der Waals surface area contributed by atoms with Crippen LogP contribution >= 0.6 is 0 Å². The second kappa shape index (κ2) is 11.3. The molecule has 4 unspecified atom stereocenters. The van der Waals surface area contributed by atoms with E-state index in [-0.39, 0.29) is 0 Å². The molecule has 0 heteroatoms. The van der Waals surface area contributed by atoms with E-state index in [2.05, 4.69) is 62.4 Å². The van der Waals surface area contributed by atoms with Gasteiger partial charge in [-0.15, -0.1) is 0 Å². The van der Waals surface area contributed by atoms with Crippen LogP contribution in [0.4, 0.5) is 0 Å². The predicted octanol–water partition coefficient (Wildman–Crippen LogP) is 9.62. The molecule has 0 bridgehead atoms. The van der Waals surface area contributed by atoms with Crippen LogP contribution in [-0.4, -0.2) is 0 Å². The maximum Gasteiger partial charge on any atom is -0.0159 e. The van der Waals surface area contributed by atoms with Crippen molar-refractivity contribution >= 4 is 10.8 Å². The summed E-state index contributed by atoms with van der Waals surface area (Å²) in [5, 5.41) is 2.85. The first-order chi connectivity index (χ1) is 15.3. The molecule has 2 aromatic rings. The number of aryl methyl sites for hydroxylation is 1. The first kappa shape index (κ1) is 22.6. The van der Waals surface area contributed by atoms with Gasteiger partial charge < -0.3 is 0 Å². The van der Waals surface area contributed by atoms with Gasteiger partial charge in [0.05, 0.1) is 0 Å². The van der Waals surface area contributed by atoms with Crippen LogP contribution in [0.2, 0.25) is 0 Å². The summed E-state index contributed by atoms with van der Waals surface area (Å²) < 4.78 is 0. The molecule has 168 valence electrons. The summed E-state index contributed by atoms with van der Waals surface area (Å²) in [5.41, 5.74) is 3.07. The Bertz CT molecular complexity index is 844. The van der Waals surface area contributed by atoms with Gasteiger partial charge in [-0.2, -0.15) is 0 Å². The molecule has 0 saturated heterocycles. The third-order valence-electron chi connectivity index (χ3n) is 8.42. The fourth-order valence-corrected chi connectivity index (χ4v) is 6.55. The van der Waals surface area contributed by atoms with E-state index in [1.54, 1.807) is 5.56 Å². The lowest BCUT2D eigenvalue weighted by atomic mass is 9.63. The van der Waals surface area contributed by atoms with Crippen molar-refractivity contribution in [3.05, 3.63) is 59.7 Å². The first-order valence-corrected chi connectivity index (χ1v) is 13.4. The van der Waals surface area contributed by atoms with Crippen molar-refractivity contribution in [1.82, 2.24) is 0 Å². The summed E-state index contributed by atoms with van der Waals surface area (Å²) in [5.74, 6) is 3.86. The Labute approximate surface area is 191 Å². The lowest BCUT2D eigenvalue weighted by molar-refractivity contribution is 0.113. The summed E-state index contributed by atoms with van der Waals surface area (Å²) in [4.78, 5) is 0. The molecule has 0 N–H and O–H groups in total. The minimum absolute atomic E-state index is 0.793. The predicted molar refractivity (Wildman–Crippen MR) is 137 cm³/mol. The van der Waals surface area contributed by atoms with E-state index < -0.39 is 0 Å². The zero-order chi connectivity index (χ0) is 21.5. The summed E-state index contributed by atoms with van der Waals surface area (Å²) in [6.45, 7) is 4.43. The summed E-state index contributed by atoms with van der Waals surface area (Å²) >= 11 is 0. The van der Waals surface area contributed by atoms with Crippen LogP contribution in [0.1, 0.15) is 108 Å². The van der Waals surface area contributed by atoms with Crippen LogP contribution in [0.5, 0.6) is 0 Å². The van der Waals surface area contributed by atoms with Gasteiger partial charge in [0.25, 0.3) is 0 Å². The van der Waals surface area contributed by atoms with Gasteiger partial charge in [-0.25, -0.2) is 0 Å². The highest BCUT2D eigenvalue weighted by atomic mass is 14.4. The molecule has 4 rings (SSSR count). The fraction of sp³-hybridized carbons (Fsp3) is 0.613. The van der Waals surface area contributed by atoms with Crippen LogP contribution in [0, 0.1) is 17.8 Å². The number of hydrogen-bond acceptors (Lipinski definition) is 0. The molecule has 0 nitrogen and oxygen atoms in total. The van der Waals surface area contributed by atoms with Gasteiger partial charge in [0, 0.05) is 0 Å². The summed E-state index contributed by atoms with van der Waals surface area (Å²) in [7, 11) is 0. The Kier molecular flexibility index (Phi) is 8.28. The van der Waals surface area contributed by atoms with Gasteiger partial charge in [-0.05, 0) is 97.4 Å². The molecule has 4 atom stereocenters. The average Bonchev–Trinajstić information content (AvgIpc) is 2.81.